The van der Waals surface area contributed by atoms with E-state index in [9.17, 15) is 14.4 Å². The molecule has 3 amide bonds. The van der Waals surface area contributed by atoms with Gasteiger partial charge in [0.1, 0.15) is 6.04 Å². The van der Waals surface area contributed by atoms with E-state index in [1.54, 1.807) is 24.3 Å². The zero-order valence-corrected chi connectivity index (χ0v) is 11.0. The van der Waals surface area contributed by atoms with Gasteiger partial charge in [-0.05, 0) is 17.7 Å². The second-order valence-corrected chi connectivity index (χ2v) is 4.19. The van der Waals surface area contributed by atoms with Crippen LogP contribution in [0.25, 0.3) is 0 Å². The average molecular weight is 290 g/mol. The number of carboxylic acids is 1. The maximum Gasteiger partial charge on any atom is 0.326 e. The molecule has 8 nitrogen and oxygen atoms in total. The van der Waals surface area contributed by atoms with E-state index in [4.69, 9.17) is 16.1 Å². The summed E-state index contributed by atoms with van der Waals surface area (Å²) in [6.45, 7) is 0. The first kappa shape index (κ1) is 16.0. The van der Waals surface area contributed by atoms with Gasteiger partial charge in [-0.15, -0.1) is 0 Å². The normalized spacial score (nSPS) is 11.0. The van der Waals surface area contributed by atoms with E-state index in [0.29, 0.717) is 5.69 Å². The van der Waals surface area contributed by atoms with E-state index in [1.807, 2.05) is 6.07 Å². The number of amides is 3. The zero-order valence-electron chi connectivity index (χ0n) is 11.0. The molecule has 0 bridgehead atoms. The minimum atomic E-state index is -1.39. The van der Waals surface area contributed by atoms with Crippen molar-refractivity contribution >= 4 is 23.6 Å². The predicted octanol–water partition coefficient (Wildman–Crippen LogP) is 0.203. The van der Waals surface area contributed by atoms with Crippen molar-refractivity contribution in [2.24, 2.45) is 5.73 Å². The number of nitrogens with zero attached hydrogens (tertiary/aromatic N) is 1. The molecule has 1 aromatic rings. The molecule has 1 atom stereocenters. The van der Waals surface area contributed by atoms with Crippen molar-refractivity contribution in [1.82, 2.24) is 5.32 Å². The standard InChI is InChI=1S/C13H14N4O4/c14-6-5-8-1-3-9(4-2-8)16-13(21)17-10(12(19)20)7-11(15)18/h1-4,10H,5,7H2,(H2,15,18)(H,19,20)(H2,16,17,21)/t10-/m0/s1. The number of hydrogen-bond donors (Lipinski definition) is 4. The number of nitriles is 1. The molecule has 8 heteroatoms. The van der Waals surface area contributed by atoms with E-state index >= 15 is 0 Å². The molecule has 110 valence electrons. The summed E-state index contributed by atoms with van der Waals surface area (Å²) in [6, 6.07) is 6.32. The van der Waals surface area contributed by atoms with Crippen LogP contribution < -0.4 is 16.4 Å². The maximum atomic E-state index is 11.6. The monoisotopic (exact) mass is 290 g/mol. The fourth-order valence-corrected chi connectivity index (χ4v) is 1.52. The number of anilines is 1. The van der Waals surface area contributed by atoms with Gasteiger partial charge in [-0.2, -0.15) is 5.26 Å². The van der Waals surface area contributed by atoms with Gasteiger partial charge in [0.05, 0.1) is 18.9 Å². The summed E-state index contributed by atoms with van der Waals surface area (Å²) in [5, 5.41) is 21.9. The van der Waals surface area contributed by atoms with Crippen molar-refractivity contribution in [2.75, 3.05) is 5.32 Å². The van der Waals surface area contributed by atoms with Crippen LogP contribution in [0.3, 0.4) is 0 Å². The number of rotatable bonds is 6. The minimum Gasteiger partial charge on any atom is -0.480 e. The smallest absolute Gasteiger partial charge is 0.326 e. The SMILES string of the molecule is N#CCc1ccc(NC(=O)N[C@@H](CC(N)=O)C(=O)O)cc1. The van der Waals surface area contributed by atoms with Crippen LogP contribution in [0.5, 0.6) is 0 Å². The van der Waals surface area contributed by atoms with Gasteiger partial charge in [-0.25, -0.2) is 9.59 Å². The summed E-state index contributed by atoms with van der Waals surface area (Å²) in [6.07, 6.45) is -0.240. The Bertz CT molecular complexity index is 577. The Hall–Kier alpha value is -3.08. The lowest BCUT2D eigenvalue weighted by molar-refractivity contribution is -0.140. The molecule has 0 heterocycles. The lowest BCUT2D eigenvalue weighted by Gasteiger charge is -2.13. The molecule has 21 heavy (non-hydrogen) atoms. The van der Waals surface area contributed by atoms with Gasteiger partial charge < -0.3 is 21.5 Å². The quantitative estimate of drug-likeness (QED) is 0.591. The lowest BCUT2D eigenvalue weighted by atomic mass is 10.1. The molecule has 0 saturated heterocycles. The first-order valence-corrected chi connectivity index (χ1v) is 5.97. The van der Waals surface area contributed by atoms with Crippen LogP contribution in [0.15, 0.2) is 24.3 Å². The van der Waals surface area contributed by atoms with Gasteiger partial charge in [0.15, 0.2) is 0 Å². The van der Waals surface area contributed by atoms with Gasteiger partial charge in [0.25, 0.3) is 0 Å². The second-order valence-electron chi connectivity index (χ2n) is 4.19. The van der Waals surface area contributed by atoms with Crippen molar-refractivity contribution in [3.05, 3.63) is 29.8 Å². The number of carbonyl (C=O) groups excluding carboxylic acids is 2. The fourth-order valence-electron chi connectivity index (χ4n) is 1.52. The third kappa shape index (κ3) is 5.61. The Kier molecular flexibility index (Phi) is 5.70. The Morgan fingerprint density at radius 3 is 2.38 bits per heavy atom. The van der Waals surface area contributed by atoms with Crippen LogP contribution in [0.4, 0.5) is 10.5 Å². The molecule has 0 spiro atoms. The summed E-state index contributed by atoms with van der Waals surface area (Å²) in [7, 11) is 0. The van der Waals surface area contributed by atoms with Crippen molar-refractivity contribution in [3.63, 3.8) is 0 Å². The van der Waals surface area contributed by atoms with E-state index in [0.717, 1.165) is 5.56 Å². The number of aliphatic carboxylic acids is 1. The number of benzene rings is 1. The minimum absolute atomic E-state index is 0.256. The number of nitrogens with one attached hydrogen (secondary N) is 2. The molecule has 5 N–H and O–H groups in total. The third-order valence-electron chi connectivity index (χ3n) is 2.50. The summed E-state index contributed by atoms with van der Waals surface area (Å²) < 4.78 is 0. The first-order valence-electron chi connectivity index (χ1n) is 5.97. The summed E-state index contributed by atoms with van der Waals surface area (Å²) in [4.78, 5) is 33.2. The van der Waals surface area contributed by atoms with Crippen LogP contribution in [0, 0.1) is 11.3 Å². The molecule has 0 aliphatic carbocycles. The molecular formula is C13H14N4O4. The average Bonchev–Trinajstić information content (AvgIpc) is 2.40. The van der Waals surface area contributed by atoms with E-state index < -0.39 is 30.4 Å². The number of nitrogens with two attached hydrogens (primary N) is 1. The van der Waals surface area contributed by atoms with Gasteiger partial charge in [-0.3, -0.25) is 4.79 Å². The zero-order chi connectivity index (χ0) is 15.8. The van der Waals surface area contributed by atoms with Crippen molar-refractivity contribution in [3.8, 4) is 6.07 Å². The maximum absolute atomic E-state index is 11.6. The Morgan fingerprint density at radius 2 is 1.90 bits per heavy atom. The summed E-state index contributed by atoms with van der Waals surface area (Å²) in [5.74, 6) is -2.18. The molecule has 0 radical (unpaired) electrons. The highest BCUT2D eigenvalue weighted by molar-refractivity contribution is 5.93. The third-order valence-corrected chi connectivity index (χ3v) is 2.50. The van der Waals surface area contributed by atoms with Gasteiger partial charge >= 0.3 is 12.0 Å². The molecule has 0 aliphatic rings. The Morgan fingerprint density at radius 1 is 1.29 bits per heavy atom. The van der Waals surface area contributed by atoms with Crippen molar-refractivity contribution in [1.29, 1.82) is 5.26 Å². The highest BCUT2D eigenvalue weighted by Gasteiger charge is 2.22. The fraction of sp³-hybridized carbons (Fsp3) is 0.231. The first-order chi connectivity index (χ1) is 9.92. The number of urea groups is 1. The van der Waals surface area contributed by atoms with Crippen LogP contribution in [-0.2, 0) is 16.0 Å². The van der Waals surface area contributed by atoms with Crippen LogP contribution in [0.1, 0.15) is 12.0 Å². The highest BCUT2D eigenvalue weighted by atomic mass is 16.4. The van der Waals surface area contributed by atoms with Crippen molar-refractivity contribution < 1.29 is 19.5 Å². The molecule has 0 fully saturated rings. The van der Waals surface area contributed by atoms with Crippen LogP contribution in [-0.4, -0.2) is 29.1 Å². The predicted molar refractivity (Wildman–Crippen MR) is 73.1 cm³/mol. The van der Waals surface area contributed by atoms with Gasteiger partial charge in [0.2, 0.25) is 5.91 Å². The summed E-state index contributed by atoms with van der Waals surface area (Å²) >= 11 is 0. The molecular weight excluding hydrogens is 276 g/mol. The van der Waals surface area contributed by atoms with E-state index in [1.165, 1.54) is 0 Å². The topological polar surface area (TPSA) is 145 Å². The molecule has 0 aliphatic heterocycles. The largest absolute Gasteiger partial charge is 0.480 e. The van der Waals surface area contributed by atoms with Crippen LogP contribution >= 0.6 is 0 Å². The summed E-state index contributed by atoms with van der Waals surface area (Å²) in [5.41, 5.74) is 6.12. The number of carbonyl (C=O) groups is 3. The number of hydrogen-bond acceptors (Lipinski definition) is 4. The van der Waals surface area contributed by atoms with Crippen LogP contribution in [0.2, 0.25) is 0 Å². The number of carboxylic acid groups (broad SMARTS) is 1. The molecule has 0 unspecified atom stereocenters. The highest BCUT2D eigenvalue weighted by Crippen LogP contribution is 2.09. The lowest BCUT2D eigenvalue weighted by Crippen LogP contribution is -2.45. The second kappa shape index (κ2) is 7.49. The Labute approximate surface area is 120 Å². The van der Waals surface area contributed by atoms with E-state index in [-0.39, 0.29) is 6.42 Å². The Balaban J connectivity index is 2.61. The van der Waals surface area contributed by atoms with Gasteiger partial charge in [0, 0.05) is 5.69 Å². The molecule has 1 rings (SSSR count). The molecule has 0 aromatic heterocycles. The van der Waals surface area contributed by atoms with Crippen molar-refractivity contribution in [2.45, 2.75) is 18.9 Å². The molecule has 0 saturated carbocycles. The number of primary amides is 1. The molecule has 1 aromatic carbocycles. The van der Waals surface area contributed by atoms with Gasteiger partial charge in [-0.1, -0.05) is 12.1 Å². The van der Waals surface area contributed by atoms with E-state index in [2.05, 4.69) is 10.6 Å².